The lowest BCUT2D eigenvalue weighted by Gasteiger charge is -2.32. The molecule has 0 radical (unpaired) electrons. The van der Waals surface area contributed by atoms with Crippen LogP contribution in [0, 0.1) is 0 Å². The topological polar surface area (TPSA) is 65.8 Å². The predicted molar refractivity (Wildman–Crippen MR) is 122 cm³/mol. The predicted octanol–water partition coefficient (Wildman–Crippen LogP) is 4.89. The van der Waals surface area contributed by atoms with Crippen molar-refractivity contribution >= 4 is 40.7 Å². The van der Waals surface area contributed by atoms with Crippen LogP contribution in [0.5, 0.6) is 0 Å². The van der Waals surface area contributed by atoms with Crippen molar-refractivity contribution in [1.82, 2.24) is 9.80 Å². The number of para-hydroxylation sites is 1. The molecule has 0 spiro atoms. The zero-order valence-electron chi connectivity index (χ0n) is 16.9. The Morgan fingerprint density at radius 2 is 1.68 bits per heavy atom. The molecule has 4 rings (SSSR count). The second kappa shape index (κ2) is 9.14. The Labute approximate surface area is 190 Å². The van der Waals surface area contributed by atoms with Crippen molar-refractivity contribution < 1.29 is 14.0 Å². The molecule has 31 heavy (non-hydrogen) atoms. The van der Waals surface area contributed by atoms with Crippen molar-refractivity contribution in [1.29, 1.82) is 0 Å². The van der Waals surface area contributed by atoms with Crippen molar-refractivity contribution in [3.8, 4) is 11.3 Å². The van der Waals surface area contributed by atoms with E-state index in [1.165, 1.54) is 0 Å². The van der Waals surface area contributed by atoms with Crippen LogP contribution in [0.1, 0.15) is 20.9 Å². The van der Waals surface area contributed by atoms with E-state index in [9.17, 15) is 9.59 Å². The Hall–Kier alpha value is -2.80. The van der Waals surface area contributed by atoms with Crippen LogP contribution in [0.25, 0.3) is 11.3 Å². The number of hydrogen-bond donors (Lipinski definition) is 1. The molecule has 0 unspecified atom stereocenters. The van der Waals surface area contributed by atoms with Crippen LogP contribution in [-0.2, 0) is 0 Å². The van der Waals surface area contributed by atoms with Crippen molar-refractivity contribution in [3.05, 3.63) is 76.0 Å². The van der Waals surface area contributed by atoms with E-state index in [2.05, 4.69) is 10.2 Å². The van der Waals surface area contributed by atoms with Gasteiger partial charge in [-0.25, -0.2) is 0 Å². The van der Waals surface area contributed by atoms with Gasteiger partial charge in [0.15, 0.2) is 5.76 Å². The van der Waals surface area contributed by atoms with E-state index in [1.54, 1.807) is 59.5 Å². The molecule has 0 saturated carbocycles. The van der Waals surface area contributed by atoms with Crippen LogP contribution in [0.4, 0.5) is 5.69 Å². The van der Waals surface area contributed by atoms with Gasteiger partial charge in [0.25, 0.3) is 11.8 Å². The lowest BCUT2D eigenvalue weighted by atomic mass is 10.1. The Kier molecular flexibility index (Phi) is 6.32. The van der Waals surface area contributed by atoms with E-state index in [-0.39, 0.29) is 11.7 Å². The zero-order chi connectivity index (χ0) is 22.0. The summed E-state index contributed by atoms with van der Waals surface area (Å²) in [5.74, 6) is 0.0818. The van der Waals surface area contributed by atoms with Gasteiger partial charge in [-0.2, -0.15) is 0 Å². The fourth-order valence-electron chi connectivity index (χ4n) is 3.41. The standard InChI is InChI=1S/C23H21Cl2N3O3/c1-27-10-12-28(13-11-27)23(30)16-4-2-3-5-19(16)26-22(29)21-9-8-20(31-21)15-6-7-17(24)18(25)14-15/h2-9,14H,10-13H2,1H3,(H,26,29). The van der Waals surface area contributed by atoms with Crippen LogP contribution in [-0.4, -0.2) is 54.8 Å². The van der Waals surface area contributed by atoms with Gasteiger partial charge in [-0.05, 0) is 49.5 Å². The zero-order valence-corrected chi connectivity index (χ0v) is 18.4. The summed E-state index contributed by atoms with van der Waals surface area (Å²) < 4.78 is 5.71. The molecule has 6 nitrogen and oxygen atoms in total. The van der Waals surface area contributed by atoms with Gasteiger partial charge >= 0.3 is 0 Å². The maximum Gasteiger partial charge on any atom is 0.291 e. The van der Waals surface area contributed by atoms with Gasteiger partial charge in [0, 0.05) is 31.7 Å². The molecule has 8 heteroatoms. The van der Waals surface area contributed by atoms with E-state index in [0.717, 1.165) is 13.1 Å². The number of benzene rings is 2. The van der Waals surface area contributed by atoms with E-state index >= 15 is 0 Å². The number of halogens is 2. The third-order valence-corrected chi connectivity index (χ3v) is 5.97. The summed E-state index contributed by atoms with van der Waals surface area (Å²) in [5.41, 5.74) is 1.61. The van der Waals surface area contributed by atoms with E-state index in [4.69, 9.17) is 27.6 Å². The maximum atomic E-state index is 13.0. The Balaban J connectivity index is 1.51. The Morgan fingerprint density at radius 1 is 0.935 bits per heavy atom. The van der Waals surface area contributed by atoms with Crippen LogP contribution in [0.2, 0.25) is 10.0 Å². The molecule has 1 aromatic heterocycles. The van der Waals surface area contributed by atoms with Gasteiger partial charge in [-0.3, -0.25) is 9.59 Å². The summed E-state index contributed by atoms with van der Waals surface area (Å²) in [6, 6.07) is 15.4. The SMILES string of the molecule is CN1CCN(C(=O)c2ccccc2NC(=O)c2ccc(-c3ccc(Cl)c(Cl)c3)o2)CC1. The molecule has 0 bridgehead atoms. The summed E-state index contributed by atoms with van der Waals surface area (Å²) in [6.45, 7) is 2.96. The molecule has 2 aromatic carbocycles. The first-order valence-corrected chi connectivity index (χ1v) is 10.6. The lowest BCUT2D eigenvalue weighted by molar-refractivity contribution is 0.0665. The molecule has 1 saturated heterocycles. The normalized spacial score (nSPS) is 14.5. The molecule has 0 aliphatic carbocycles. The van der Waals surface area contributed by atoms with Gasteiger partial charge in [-0.15, -0.1) is 0 Å². The third-order valence-electron chi connectivity index (χ3n) is 5.23. The number of likely N-dealkylation sites (N-methyl/N-ethyl adjacent to an activating group) is 1. The molecule has 1 fully saturated rings. The highest BCUT2D eigenvalue weighted by atomic mass is 35.5. The summed E-state index contributed by atoms with van der Waals surface area (Å²) >= 11 is 12.0. The molecule has 2 amide bonds. The summed E-state index contributed by atoms with van der Waals surface area (Å²) in [5, 5.41) is 3.65. The fraction of sp³-hybridized carbons (Fsp3) is 0.217. The molecular weight excluding hydrogens is 437 g/mol. The second-order valence-corrected chi connectivity index (χ2v) is 8.20. The highest BCUT2D eigenvalue weighted by molar-refractivity contribution is 6.42. The van der Waals surface area contributed by atoms with Gasteiger partial charge in [-0.1, -0.05) is 35.3 Å². The average molecular weight is 458 g/mol. The number of nitrogens with zero attached hydrogens (tertiary/aromatic N) is 2. The lowest BCUT2D eigenvalue weighted by Crippen LogP contribution is -2.47. The quantitative estimate of drug-likeness (QED) is 0.605. The highest BCUT2D eigenvalue weighted by Gasteiger charge is 2.23. The van der Waals surface area contributed by atoms with Crippen LogP contribution in [0.15, 0.2) is 59.0 Å². The number of piperazine rings is 1. The molecule has 2 heterocycles. The Bertz CT molecular complexity index is 1120. The first-order valence-electron chi connectivity index (χ1n) is 9.86. The van der Waals surface area contributed by atoms with E-state index < -0.39 is 5.91 Å². The number of rotatable bonds is 4. The van der Waals surface area contributed by atoms with Gasteiger partial charge in [0.05, 0.1) is 21.3 Å². The van der Waals surface area contributed by atoms with Crippen LogP contribution < -0.4 is 5.32 Å². The highest BCUT2D eigenvalue weighted by Crippen LogP contribution is 2.30. The number of amides is 2. The minimum absolute atomic E-state index is 0.0973. The van der Waals surface area contributed by atoms with E-state index in [0.29, 0.717) is 45.7 Å². The average Bonchev–Trinajstić information content (AvgIpc) is 3.27. The first-order chi connectivity index (χ1) is 14.9. The van der Waals surface area contributed by atoms with Crippen molar-refractivity contribution in [2.45, 2.75) is 0 Å². The van der Waals surface area contributed by atoms with Crippen LogP contribution >= 0.6 is 23.2 Å². The number of nitrogens with one attached hydrogen (secondary N) is 1. The van der Waals surface area contributed by atoms with E-state index in [1.807, 2.05) is 7.05 Å². The van der Waals surface area contributed by atoms with Gasteiger partial charge in [0.2, 0.25) is 0 Å². The number of anilines is 1. The maximum absolute atomic E-state index is 13.0. The van der Waals surface area contributed by atoms with Crippen molar-refractivity contribution in [3.63, 3.8) is 0 Å². The van der Waals surface area contributed by atoms with Gasteiger partial charge < -0.3 is 19.5 Å². The molecular formula is C23H21Cl2N3O3. The minimum Gasteiger partial charge on any atom is -0.451 e. The number of carbonyl (C=O) groups is 2. The molecule has 0 atom stereocenters. The Morgan fingerprint density at radius 3 is 2.42 bits per heavy atom. The number of carbonyl (C=O) groups excluding carboxylic acids is 2. The second-order valence-electron chi connectivity index (χ2n) is 7.39. The summed E-state index contributed by atoms with van der Waals surface area (Å²) in [6.07, 6.45) is 0. The monoisotopic (exact) mass is 457 g/mol. The summed E-state index contributed by atoms with van der Waals surface area (Å²) in [7, 11) is 2.03. The fourth-order valence-corrected chi connectivity index (χ4v) is 3.70. The molecule has 3 aromatic rings. The molecule has 1 aliphatic rings. The van der Waals surface area contributed by atoms with Crippen molar-refractivity contribution in [2.75, 3.05) is 38.5 Å². The molecule has 160 valence electrons. The largest absolute Gasteiger partial charge is 0.451 e. The number of hydrogen-bond acceptors (Lipinski definition) is 4. The smallest absolute Gasteiger partial charge is 0.291 e. The van der Waals surface area contributed by atoms with Gasteiger partial charge in [0.1, 0.15) is 5.76 Å². The third kappa shape index (κ3) is 4.77. The molecule has 1 N–H and O–H groups in total. The molecule has 1 aliphatic heterocycles. The van der Waals surface area contributed by atoms with Crippen LogP contribution in [0.3, 0.4) is 0 Å². The first kappa shape index (κ1) is 21.4. The number of furan rings is 1. The van der Waals surface area contributed by atoms with Crippen molar-refractivity contribution in [2.24, 2.45) is 0 Å². The summed E-state index contributed by atoms with van der Waals surface area (Å²) in [4.78, 5) is 29.8. The minimum atomic E-state index is -0.440.